The van der Waals surface area contributed by atoms with E-state index < -0.39 is 37.1 Å². The summed E-state index contributed by atoms with van der Waals surface area (Å²) in [6.07, 6.45) is -5.76. The van der Waals surface area contributed by atoms with Gasteiger partial charge in [-0.3, -0.25) is 0 Å². The summed E-state index contributed by atoms with van der Waals surface area (Å²) in [5.41, 5.74) is 2.54. The minimum atomic E-state index is -1.38. The zero-order chi connectivity index (χ0) is 16.4. The SMILES string of the molecule is OC[C@H]1OC(c2ccccc2-c2ccccc2)[C@H](O)[C@@H](O)[C@@H]1O. The molecular formula is C18H20O5. The van der Waals surface area contributed by atoms with E-state index in [-0.39, 0.29) is 0 Å². The molecule has 0 amide bonds. The predicted octanol–water partition coefficient (Wildman–Crippen LogP) is 0.868. The maximum Gasteiger partial charge on any atom is 0.113 e. The van der Waals surface area contributed by atoms with Crippen LogP contribution < -0.4 is 0 Å². The van der Waals surface area contributed by atoms with E-state index in [1.54, 1.807) is 0 Å². The Morgan fingerprint density at radius 1 is 0.783 bits per heavy atom. The topological polar surface area (TPSA) is 90.2 Å². The lowest BCUT2D eigenvalue weighted by molar-refractivity contribution is -0.231. The van der Waals surface area contributed by atoms with Gasteiger partial charge in [-0.25, -0.2) is 0 Å². The summed E-state index contributed by atoms with van der Waals surface area (Å²) < 4.78 is 5.67. The second-order valence-electron chi connectivity index (χ2n) is 5.70. The molecule has 0 radical (unpaired) electrons. The van der Waals surface area contributed by atoms with Crippen molar-refractivity contribution in [1.82, 2.24) is 0 Å². The van der Waals surface area contributed by atoms with Crippen molar-refractivity contribution in [2.24, 2.45) is 0 Å². The largest absolute Gasteiger partial charge is 0.394 e. The molecule has 0 aliphatic carbocycles. The molecular weight excluding hydrogens is 296 g/mol. The number of aliphatic hydroxyl groups excluding tert-OH is 4. The van der Waals surface area contributed by atoms with Crippen molar-refractivity contribution < 1.29 is 25.2 Å². The molecule has 1 unspecified atom stereocenters. The molecule has 1 fully saturated rings. The average Bonchev–Trinajstić information content (AvgIpc) is 2.61. The fourth-order valence-electron chi connectivity index (χ4n) is 2.98. The van der Waals surface area contributed by atoms with Gasteiger partial charge < -0.3 is 25.2 Å². The van der Waals surface area contributed by atoms with Crippen LogP contribution >= 0.6 is 0 Å². The Hall–Kier alpha value is -1.76. The van der Waals surface area contributed by atoms with Gasteiger partial charge in [-0.1, -0.05) is 54.6 Å². The third-order valence-corrected chi connectivity index (χ3v) is 4.24. The first-order valence-corrected chi connectivity index (χ1v) is 7.58. The summed E-state index contributed by atoms with van der Waals surface area (Å²) in [7, 11) is 0. The summed E-state index contributed by atoms with van der Waals surface area (Å²) in [4.78, 5) is 0. The van der Waals surface area contributed by atoms with Gasteiger partial charge in [-0.2, -0.15) is 0 Å². The highest BCUT2D eigenvalue weighted by molar-refractivity contribution is 5.67. The Bertz CT molecular complexity index is 643. The summed E-state index contributed by atoms with van der Waals surface area (Å²) in [5.74, 6) is 0. The number of hydrogen-bond donors (Lipinski definition) is 4. The van der Waals surface area contributed by atoms with Crippen LogP contribution in [-0.4, -0.2) is 51.4 Å². The minimum absolute atomic E-state index is 0.436. The summed E-state index contributed by atoms with van der Waals surface area (Å²) >= 11 is 0. The van der Waals surface area contributed by atoms with Gasteiger partial charge in [0.25, 0.3) is 0 Å². The molecule has 0 saturated carbocycles. The van der Waals surface area contributed by atoms with Gasteiger partial charge in [-0.05, 0) is 16.7 Å². The third kappa shape index (κ3) is 3.02. The van der Waals surface area contributed by atoms with Crippen molar-refractivity contribution in [2.75, 3.05) is 6.61 Å². The molecule has 1 saturated heterocycles. The van der Waals surface area contributed by atoms with Crippen LogP contribution in [-0.2, 0) is 4.74 Å². The van der Waals surface area contributed by atoms with Crippen LogP contribution in [0, 0.1) is 0 Å². The Balaban J connectivity index is 2.01. The number of hydrogen-bond acceptors (Lipinski definition) is 5. The first-order valence-electron chi connectivity index (χ1n) is 7.58. The monoisotopic (exact) mass is 316 g/mol. The van der Waals surface area contributed by atoms with E-state index >= 15 is 0 Å². The van der Waals surface area contributed by atoms with Gasteiger partial charge in [0.2, 0.25) is 0 Å². The number of rotatable bonds is 3. The van der Waals surface area contributed by atoms with E-state index in [9.17, 15) is 20.4 Å². The van der Waals surface area contributed by atoms with E-state index in [0.717, 1.165) is 11.1 Å². The molecule has 4 N–H and O–H groups in total. The second kappa shape index (κ2) is 6.78. The Kier molecular flexibility index (Phi) is 4.75. The lowest BCUT2D eigenvalue weighted by Crippen LogP contribution is -2.55. The molecule has 0 aromatic heterocycles. The Morgan fingerprint density at radius 2 is 1.43 bits per heavy atom. The summed E-state index contributed by atoms with van der Waals surface area (Å²) in [5, 5.41) is 39.6. The summed E-state index contributed by atoms with van der Waals surface area (Å²) in [6, 6.07) is 17.1. The average molecular weight is 316 g/mol. The highest BCUT2D eigenvalue weighted by Gasteiger charge is 2.44. The molecule has 5 heteroatoms. The molecule has 3 rings (SSSR count). The van der Waals surface area contributed by atoms with Crippen LogP contribution in [0.2, 0.25) is 0 Å². The summed E-state index contributed by atoms with van der Waals surface area (Å²) in [6.45, 7) is -0.436. The first-order chi connectivity index (χ1) is 11.1. The molecule has 122 valence electrons. The van der Waals surface area contributed by atoms with Gasteiger partial charge in [-0.15, -0.1) is 0 Å². The van der Waals surface area contributed by atoms with Crippen LogP contribution in [0.4, 0.5) is 0 Å². The van der Waals surface area contributed by atoms with Crippen molar-refractivity contribution in [3.63, 3.8) is 0 Å². The van der Waals surface area contributed by atoms with Gasteiger partial charge in [0.15, 0.2) is 0 Å². The fourth-order valence-corrected chi connectivity index (χ4v) is 2.98. The van der Waals surface area contributed by atoms with E-state index in [2.05, 4.69) is 0 Å². The van der Waals surface area contributed by atoms with Crippen LogP contribution in [0.3, 0.4) is 0 Å². The maximum atomic E-state index is 10.3. The Labute approximate surface area is 134 Å². The van der Waals surface area contributed by atoms with Gasteiger partial charge in [0.05, 0.1) is 6.61 Å². The standard InChI is InChI=1S/C18H20O5/c19-10-14-15(20)16(21)17(22)18(23-14)13-9-5-4-8-12(13)11-6-2-1-3-7-11/h1-9,14-22H,10H2/t14-,15-,16+,17-,18?/m1/s1. The quantitative estimate of drug-likeness (QED) is 0.675. The van der Waals surface area contributed by atoms with E-state index in [4.69, 9.17) is 4.74 Å². The normalized spacial score (nSPS) is 31.0. The van der Waals surface area contributed by atoms with E-state index in [0.29, 0.717) is 5.56 Å². The van der Waals surface area contributed by atoms with Crippen LogP contribution in [0.5, 0.6) is 0 Å². The zero-order valence-corrected chi connectivity index (χ0v) is 12.5. The van der Waals surface area contributed by atoms with Crippen molar-refractivity contribution in [3.05, 3.63) is 60.2 Å². The lowest BCUT2D eigenvalue weighted by atomic mass is 9.87. The van der Waals surface area contributed by atoms with Crippen molar-refractivity contribution in [1.29, 1.82) is 0 Å². The molecule has 1 aliphatic heterocycles. The van der Waals surface area contributed by atoms with E-state index in [1.165, 1.54) is 0 Å². The fraction of sp³-hybridized carbons (Fsp3) is 0.333. The van der Waals surface area contributed by atoms with Gasteiger partial charge in [0, 0.05) is 0 Å². The maximum absolute atomic E-state index is 10.3. The first kappa shape index (κ1) is 16.1. The highest BCUT2D eigenvalue weighted by Crippen LogP contribution is 2.37. The predicted molar refractivity (Wildman–Crippen MR) is 84.6 cm³/mol. The smallest absolute Gasteiger partial charge is 0.113 e. The number of benzene rings is 2. The molecule has 2 aromatic carbocycles. The number of ether oxygens (including phenoxy) is 1. The highest BCUT2D eigenvalue weighted by atomic mass is 16.5. The Morgan fingerprint density at radius 3 is 2.13 bits per heavy atom. The molecule has 5 atom stereocenters. The lowest BCUT2D eigenvalue weighted by Gasteiger charge is -2.40. The van der Waals surface area contributed by atoms with Crippen LogP contribution in [0.15, 0.2) is 54.6 Å². The van der Waals surface area contributed by atoms with Gasteiger partial charge >= 0.3 is 0 Å². The molecule has 5 nitrogen and oxygen atoms in total. The molecule has 1 heterocycles. The van der Waals surface area contributed by atoms with Crippen molar-refractivity contribution in [3.8, 4) is 11.1 Å². The minimum Gasteiger partial charge on any atom is -0.394 e. The van der Waals surface area contributed by atoms with Crippen molar-refractivity contribution in [2.45, 2.75) is 30.5 Å². The van der Waals surface area contributed by atoms with E-state index in [1.807, 2.05) is 54.6 Å². The molecule has 0 bridgehead atoms. The molecule has 0 spiro atoms. The van der Waals surface area contributed by atoms with Crippen LogP contribution in [0.25, 0.3) is 11.1 Å². The zero-order valence-electron chi connectivity index (χ0n) is 12.5. The third-order valence-electron chi connectivity index (χ3n) is 4.24. The van der Waals surface area contributed by atoms with Crippen molar-refractivity contribution >= 4 is 0 Å². The molecule has 2 aromatic rings. The number of aliphatic hydroxyl groups is 4. The molecule has 23 heavy (non-hydrogen) atoms. The van der Waals surface area contributed by atoms with Crippen LogP contribution in [0.1, 0.15) is 11.7 Å². The second-order valence-corrected chi connectivity index (χ2v) is 5.70. The molecule has 1 aliphatic rings. The van der Waals surface area contributed by atoms with Gasteiger partial charge in [0.1, 0.15) is 30.5 Å².